The first-order valence-corrected chi connectivity index (χ1v) is 4.70. The largest absolute Gasteiger partial charge is 0.345 e. The lowest BCUT2D eigenvalue weighted by molar-refractivity contribution is -0.129. The van der Waals surface area contributed by atoms with Gasteiger partial charge in [-0.2, -0.15) is 0 Å². The number of hydrogen-bond acceptors (Lipinski definition) is 4. The van der Waals surface area contributed by atoms with Gasteiger partial charge in [-0.15, -0.1) is 0 Å². The quantitative estimate of drug-likeness (QED) is 0.488. The molecule has 3 atom stereocenters. The van der Waals surface area contributed by atoms with Crippen molar-refractivity contribution in [3.05, 3.63) is 0 Å². The minimum absolute atomic E-state index is 0.406. The standard InChI is InChI=1S/C9H17N3O3/c1-5(4-13)11-9(15)7(3)12-8(14)6(2)10/h4-7H,10H2,1-3H3,(H,11,15)(H,12,14)/t5-,6-,7-/m0/s1. The van der Waals surface area contributed by atoms with Gasteiger partial charge in [0.2, 0.25) is 11.8 Å². The van der Waals surface area contributed by atoms with Crippen LogP contribution in [0.2, 0.25) is 0 Å². The second-order valence-corrected chi connectivity index (χ2v) is 3.45. The third-order valence-corrected chi connectivity index (χ3v) is 1.74. The molecule has 0 aromatic rings. The molecule has 0 fully saturated rings. The van der Waals surface area contributed by atoms with Gasteiger partial charge in [0.25, 0.3) is 0 Å². The Bertz CT molecular complexity index is 253. The van der Waals surface area contributed by atoms with Crippen LogP contribution in [-0.4, -0.2) is 36.2 Å². The molecule has 0 aromatic heterocycles. The van der Waals surface area contributed by atoms with E-state index in [-0.39, 0.29) is 0 Å². The Kier molecular flexibility index (Phi) is 5.54. The van der Waals surface area contributed by atoms with E-state index in [4.69, 9.17) is 5.73 Å². The van der Waals surface area contributed by atoms with Crippen LogP contribution in [0.5, 0.6) is 0 Å². The number of amides is 2. The molecule has 0 bridgehead atoms. The smallest absolute Gasteiger partial charge is 0.242 e. The SMILES string of the molecule is C[C@H](N)C(=O)N[C@@H](C)C(=O)N[C@@H](C)C=O. The average molecular weight is 215 g/mol. The summed E-state index contributed by atoms with van der Waals surface area (Å²) in [4.78, 5) is 32.7. The average Bonchev–Trinajstić information content (AvgIpc) is 2.16. The third kappa shape index (κ3) is 5.11. The summed E-state index contributed by atoms with van der Waals surface area (Å²) in [5.74, 6) is -0.819. The van der Waals surface area contributed by atoms with Crippen molar-refractivity contribution in [3.8, 4) is 0 Å². The van der Waals surface area contributed by atoms with E-state index in [1.165, 1.54) is 13.8 Å². The molecule has 0 aromatic carbocycles. The number of aldehydes is 1. The Morgan fingerprint density at radius 2 is 1.67 bits per heavy atom. The van der Waals surface area contributed by atoms with Crippen molar-refractivity contribution in [2.45, 2.75) is 38.9 Å². The highest BCUT2D eigenvalue weighted by molar-refractivity contribution is 5.90. The normalized spacial score (nSPS) is 16.0. The van der Waals surface area contributed by atoms with Crippen molar-refractivity contribution in [1.82, 2.24) is 10.6 Å². The van der Waals surface area contributed by atoms with Crippen LogP contribution in [0.1, 0.15) is 20.8 Å². The van der Waals surface area contributed by atoms with Gasteiger partial charge >= 0.3 is 0 Å². The molecule has 0 radical (unpaired) electrons. The third-order valence-electron chi connectivity index (χ3n) is 1.74. The number of nitrogens with one attached hydrogen (secondary N) is 2. The molecule has 0 aliphatic carbocycles. The molecule has 86 valence electrons. The molecule has 0 rings (SSSR count). The van der Waals surface area contributed by atoms with E-state index in [2.05, 4.69) is 10.6 Å². The van der Waals surface area contributed by atoms with Gasteiger partial charge in [0.05, 0.1) is 12.1 Å². The molecule has 15 heavy (non-hydrogen) atoms. The topological polar surface area (TPSA) is 101 Å². The highest BCUT2D eigenvalue weighted by atomic mass is 16.2. The maximum absolute atomic E-state index is 11.3. The first kappa shape index (κ1) is 13.6. The number of carbonyl (C=O) groups excluding carboxylic acids is 3. The Hall–Kier alpha value is -1.43. The molecule has 0 heterocycles. The summed E-state index contributed by atoms with van der Waals surface area (Å²) >= 11 is 0. The van der Waals surface area contributed by atoms with E-state index >= 15 is 0 Å². The van der Waals surface area contributed by atoms with Crippen LogP contribution in [0.4, 0.5) is 0 Å². The zero-order valence-electron chi connectivity index (χ0n) is 9.11. The summed E-state index contributed by atoms with van der Waals surface area (Å²) in [6, 6.07) is -1.93. The summed E-state index contributed by atoms with van der Waals surface area (Å²) in [6.07, 6.45) is 0.609. The van der Waals surface area contributed by atoms with Crippen molar-refractivity contribution in [2.75, 3.05) is 0 Å². The van der Waals surface area contributed by atoms with Crippen molar-refractivity contribution in [2.24, 2.45) is 5.73 Å². The lowest BCUT2D eigenvalue weighted by Crippen LogP contribution is -2.51. The predicted octanol–water partition coefficient (Wildman–Crippen LogP) is -1.46. The van der Waals surface area contributed by atoms with Crippen LogP contribution in [0.15, 0.2) is 0 Å². The lowest BCUT2D eigenvalue weighted by Gasteiger charge is -2.16. The highest BCUT2D eigenvalue weighted by Crippen LogP contribution is 1.86. The molecule has 0 spiro atoms. The molecule has 0 saturated heterocycles. The van der Waals surface area contributed by atoms with Crippen LogP contribution in [-0.2, 0) is 14.4 Å². The summed E-state index contributed by atoms with van der Waals surface area (Å²) in [5.41, 5.74) is 5.31. The molecule has 0 aliphatic rings. The van der Waals surface area contributed by atoms with E-state index < -0.39 is 29.9 Å². The van der Waals surface area contributed by atoms with E-state index in [9.17, 15) is 14.4 Å². The molecule has 0 saturated carbocycles. The van der Waals surface area contributed by atoms with Gasteiger partial charge in [-0.25, -0.2) is 0 Å². The molecular weight excluding hydrogens is 198 g/mol. The van der Waals surface area contributed by atoms with Crippen LogP contribution in [0, 0.1) is 0 Å². The minimum Gasteiger partial charge on any atom is -0.345 e. The highest BCUT2D eigenvalue weighted by Gasteiger charge is 2.18. The van der Waals surface area contributed by atoms with Crippen LogP contribution in [0.25, 0.3) is 0 Å². The second-order valence-electron chi connectivity index (χ2n) is 3.45. The van der Waals surface area contributed by atoms with Gasteiger partial charge < -0.3 is 21.2 Å². The summed E-state index contributed by atoms with van der Waals surface area (Å²) in [5, 5.41) is 4.83. The van der Waals surface area contributed by atoms with Crippen molar-refractivity contribution in [1.29, 1.82) is 0 Å². The Balaban J connectivity index is 4.10. The van der Waals surface area contributed by atoms with E-state index in [1.54, 1.807) is 6.92 Å². The van der Waals surface area contributed by atoms with Gasteiger partial charge in [0.1, 0.15) is 12.3 Å². The van der Waals surface area contributed by atoms with Gasteiger partial charge in [-0.05, 0) is 20.8 Å². The molecule has 4 N–H and O–H groups in total. The molecule has 0 aliphatic heterocycles. The molecule has 0 unspecified atom stereocenters. The molecule has 2 amide bonds. The minimum atomic E-state index is -0.703. The van der Waals surface area contributed by atoms with E-state index in [0.29, 0.717) is 6.29 Å². The number of carbonyl (C=O) groups is 3. The fourth-order valence-electron chi connectivity index (χ4n) is 0.794. The van der Waals surface area contributed by atoms with Gasteiger partial charge in [0.15, 0.2) is 0 Å². The zero-order valence-corrected chi connectivity index (χ0v) is 9.11. The first-order chi connectivity index (χ1) is 6.88. The maximum atomic E-state index is 11.3. The lowest BCUT2D eigenvalue weighted by atomic mass is 10.2. The van der Waals surface area contributed by atoms with Crippen molar-refractivity contribution < 1.29 is 14.4 Å². The van der Waals surface area contributed by atoms with Gasteiger partial charge in [0, 0.05) is 0 Å². The zero-order chi connectivity index (χ0) is 12.0. The van der Waals surface area contributed by atoms with E-state index in [0.717, 1.165) is 0 Å². The second kappa shape index (κ2) is 6.13. The van der Waals surface area contributed by atoms with Crippen LogP contribution in [0.3, 0.4) is 0 Å². The molecule has 6 heteroatoms. The Labute approximate surface area is 88.6 Å². The number of hydrogen-bond donors (Lipinski definition) is 3. The molecule has 6 nitrogen and oxygen atoms in total. The number of nitrogens with two attached hydrogens (primary N) is 1. The summed E-state index contributed by atoms with van der Waals surface area (Å²) in [6.45, 7) is 4.59. The van der Waals surface area contributed by atoms with E-state index in [1.807, 2.05) is 0 Å². The predicted molar refractivity (Wildman–Crippen MR) is 54.9 cm³/mol. The van der Waals surface area contributed by atoms with Gasteiger partial charge in [-0.3, -0.25) is 9.59 Å². The fourth-order valence-corrected chi connectivity index (χ4v) is 0.794. The van der Waals surface area contributed by atoms with Crippen molar-refractivity contribution >= 4 is 18.1 Å². The molecular formula is C9H17N3O3. The first-order valence-electron chi connectivity index (χ1n) is 4.70. The van der Waals surface area contributed by atoms with Crippen LogP contribution >= 0.6 is 0 Å². The summed E-state index contributed by atoms with van der Waals surface area (Å²) < 4.78 is 0. The summed E-state index contributed by atoms with van der Waals surface area (Å²) in [7, 11) is 0. The Morgan fingerprint density at radius 1 is 1.13 bits per heavy atom. The fraction of sp³-hybridized carbons (Fsp3) is 0.667. The van der Waals surface area contributed by atoms with Gasteiger partial charge in [-0.1, -0.05) is 0 Å². The van der Waals surface area contributed by atoms with Crippen molar-refractivity contribution in [3.63, 3.8) is 0 Å². The Morgan fingerprint density at radius 3 is 2.07 bits per heavy atom. The van der Waals surface area contributed by atoms with Crippen LogP contribution < -0.4 is 16.4 Å². The maximum Gasteiger partial charge on any atom is 0.242 e. The number of rotatable bonds is 5. The monoisotopic (exact) mass is 215 g/mol.